The van der Waals surface area contributed by atoms with Gasteiger partial charge in [-0.2, -0.15) is 0 Å². The summed E-state index contributed by atoms with van der Waals surface area (Å²) in [7, 11) is 0. The molecule has 0 aliphatic carbocycles. The third-order valence-corrected chi connectivity index (χ3v) is 5.91. The maximum atomic E-state index is 11.8. The minimum atomic E-state index is -1.31. The molecule has 0 amide bonds. The first-order valence-corrected chi connectivity index (χ1v) is 12.2. The van der Waals surface area contributed by atoms with Crippen LogP contribution in [0.15, 0.2) is 5.16 Å². The van der Waals surface area contributed by atoms with Crippen molar-refractivity contribution >= 4 is 11.7 Å². The molecule has 0 bridgehead atoms. The number of esters is 1. The average Bonchev–Trinajstić information content (AvgIpc) is 2.79. The monoisotopic (exact) mass is 444 g/mol. The van der Waals surface area contributed by atoms with Gasteiger partial charge in [-0.3, -0.25) is 4.79 Å². The van der Waals surface area contributed by atoms with Crippen molar-refractivity contribution in [3.8, 4) is 0 Å². The molecule has 1 fully saturated rings. The fraction of sp³-hybridized carbons (Fsp3) is 0.917. The quantitative estimate of drug-likeness (QED) is 0.122. The van der Waals surface area contributed by atoms with Gasteiger partial charge in [0.2, 0.25) is 0 Å². The number of carbonyl (C=O) groups excluding carboxylic acids is 1. The molecule has 1 heterocycles. The van der Waals surface area contributed by atoms with Gasteiger partial charge in [0.25, 0.3) is 0 Å². The second-order valence-electron chi connectivity index (χ2n) is 8.61. The molecule has 3 atom stereocenters. The number of oxime groups is 1. The van der Waals surface area contributed by atoms with Crippen LogP contribution in [0, 0.1) is 0 Å². The van der Waals surface area contributed by atoms with E-state index in [1.807, 2.05) is 0 Å². The minimum absolute atomic E-state index is 0.0388. The number of hydrogen-bond donors (Lipinski definition) is 3. The standard InChI is InChI=1S/C24H45NO6/c1-2-3-4-5-6-7-8-9-10-11-12-13-14-15-16-17-22(26)31-19-21-24(28)23(27)20(25-29)18-30-21/h21,23-24,27-29H,2-19H2,1H3/t21-,23-,24-/m1/s1/i1D. The zero-order valence-electron chi connectivity index (χ0n) is 20.2. The summed E-state index contributed by atoms with van der Waals surface area (Å²) < 4.78 is 17.5. The van der Waals surface area contributed by atoms with E-state index in [4.69, 9.17) is 16.1 Å². The van der Waals surface area contributed by atoms with Crippen LogP contribution in [0.3, 0.4) is 0 Å². The Hall–Kier alpha value is -1.18. The normalized spacial score (nSPS) is 23.1. The van der Waals surface area contributed by atoms with Gasteiger partial charge in [0, 0.05) is 7.79 Å². The van der Waals surface area contributed by atoms with Crippen LogP contribution in [0.1, 0.15) is 111 Å². The van der Waals surface area contributed by atoms with Crippen molar-refractivity contribution in [3.05, 3.63) is 0 Å². The van der Waals surface area contributed by atoms with E-state index in [9.17, 15) is 15.0 Å². The molecule has 31 heavy (non-hydrogen) atoms. The smallest absolute Gasteiger partial charge is 0.305 e. The summed E-state index contributed by atoms with van der Waals surface area (Å²) in [5, 5.41) is 31.3. The Morgan fingerprint density at radius 1 is 0.968 bits per heavy atom. The molecule has 182 valence electrons. The van der Waals surface area contributed by atoms with Crippen LogP contribution in [0.4, 0.5) is 0 Å². The topological polar surface area (TPSA) is 109 Å². The van der Waals surface area contributed by atoms with Gasteiger partial charge >= 0.3 is 5.97 Å². The molecule has 0 radical (unpaired) electrons. The molecule has 0 aromatic heterocycles. The number of nitrogens with zero attached hydrogens (tertiary/aromatic N) is 1. The molecular formula is C24H45NO6. The summed E-state index contributed by atoms with van der Waals surface area (Å²) in [6.45, 7) is 0.345. The van der Waals surface area contributed by atoms with Crippen LogP contribution in [0.5, 0.6) is 0 Å². The van der Waals surface area contributed by atoms with Gasteiger partial charge in [-0.25, -0.2) is 0 Å². The number of carbonyl (C=O) groups is 1. The maximum Gasteiger partial charge on any atom is 0.305 e. The van der Waals surface area contributed by atoms with Crippen molar-refractivity contribution in [2.45, 2.75) is 128 Å². The van der Waals surface area contributed by atoms with Crippen molar-refractivity contribution in [2.24, 2.45) is 5.16 Å². The SMILES string of the molecule is [2H]CCCCCCCCCCCCCCCCCC(=O)OC[C@H]1OCC(=NO)[C@@H](O)[C@@H]1O. The molecule has 3 N–H and O–H groups in total. The average molecular weight is 445 g/mol. The predicted molar refractivity (Wildman–Crippen MR) is 121 cm³/mol. The van der Waals surface area contributed by atoms with E-state index in [0.29, 0.717) is 13.3 Å². The van der Waals surface area contributed by atoms with Crippen LogP contribution in [0.25, 0.3) is 0 Å². The highest BCUT2D eigenvalue weighted by molar-refractivity contribution is 5.90. The number of rotatable bonds is 18. The van der Waals surface area contributed by atoms with Crippen molar-refractivity contribution in [2.75, 3.05) is 13.2 Å². The summed E-state index contributed by atoms with van der Waals surface area (Å²) in [6.07, 6.45) is 15.2. The lowest BCUT2D eigenvalue weighted by atomic mass is 10.0. The summed E-state index contributed by atoms with van der Waals surface area (Å²) in [4.78, 5) is 11.8. The van der Waals surface area contributed by atoms with Gasteiger partial charge in [0.05, 0.1) is 6.61 Å². The van der Waals surface area contributed by atoms with Gasteiger partial charge < -0.3 is 24.9 Å². The summed E-state index contributed by atoms with van der Waals surface area (Å²) in [6, 6.07) is 0. The van der Waals surface area contributed by atoms with Crippen molar-refractivity contribution < 1.29 is 31.1 Å². The van der Waals surface area contributed by atoms with Crippen LogP contribution in [-0.4, -0.2) is 58.6 Å². The molecule has 0 saturated carbocycles. The van der Waals surface area contributed by atoms with Crippen molar-refractivity contribution in [1.82, 2.24) is 0 Å². The fourth-order valence-corrected chi connectivity index (χ4v) is 3.83. The highest BCUT2D eigenvalue weighted by Gasteiger charge is 2.37. The largest absolute Gasteiger partial charge is 0.463 e. The van der Waals surface area contributed by atoms with Crippen LogP contribution in [-0.2, 0) is 14.3 Å². The van der Waals surface area contributed by atoms with E-state index in [0.717, 1.165) is 25.7 Å². The van der Waals surface area contributed by atoms with Crippen molar-refractivity contribution in [1.29, 1.82) is 0 Å². The molecule has 7 nitrogen and oxygen atoms in total. The van der Waals surface area contributed by atoms with E-state index in [1.54, 1.807) is 0 Å². The van der Waals surface area contributed by atoms with Crippen LogP contribution in [0.2, 0.25) is 0 Å². The number of aliphatic hydroxyl groups is 2. The molecular weight excluding hydrogens is 398 g/mol. The Labute approximate surface area is 189 Å². The lowest BCUT2D eigenvalue weighted by Crippen LogP contribution is -2.52. The van der Waals surface area contributed by atoms with Gasteiger partial charge in [-0.1, -0.05) is 102 Å². The fourth-order valence-electron chi connectivity index (χ4n) is 3.83. The number of unbranched alkanes of at least 4 members (excludes halogenated alkanes) is 14. The summed E-state index contributed by atoms with van der Waals surface area (Å²) >= 11 is 0. The zero-order chi connectivity index (χ0) is 23.4. The number of ether oxygens (including phenoxy) is 2. The Balaban J connectivity index is 1.86. The van der Waals surface area contributed by atoms with Gasteiger partial charge in [0.1, 0.15) is 30.6 Å². The van der Waals surface area contributed by atoms with E-state index in [-0.39, 0.29) is 24.9 Å². The molecule has 0 aromatic rings. The van der Waals surface area contributed by atoms with E-state index >= 15 is 0 Å². The predicted octanol–water partition coefficient (Wildman–Crippen LogP) is 4.74. The maximum absolute atomic E-state index is 11.8. The van der Waals surface area contributed by atoms with Gasteiger partial charge in [0.15, 0.2) is 0 Å². The highest BCUT2D eigenvalue weighted by Crippen LogP contribution is 2.16. The van der Waals surface area contributed by atoms with Gasteiger partial charge in [-0.05, 0) is 6.42 Å². The molecule has 1 aliphatic heterocycles. The first-order chi connectivity index (χ1) is 15.6. The van der Waals surface area contributed by atoms with E-state index in [1.165, 1.54) is 70.6 Å². The molecule has 0 unspecified atom stereocenters. The summed E-state index contributed by atoms with van der Waals surface area (Å²) in [5.41, 5.74) is -0.0388. The molecule has 1 rings (SSSR count). The lowest BCUT2D eigenvalue weighted by Gasteiger charge is -2.31. The van der Waals surface area contributed by atoms with E-state index < -0.39 is 18.3 Å². The van der Waals surface area contributed by atoms with Crippen molar-refractivity contribution in [3.63, 3.8) is 0 Å². The second-order valence-corrected chi connectivity index (χ2v) is 8.61. The Bertz CT molecular complexity index is 505. The molecule has 0 aromatic carbocycles. The third-order valence-electron chi connectivity index (χ3n) is 5.91. The van der Waals surface area contributed by atoms with Gasteiger partial charge in [-0.15, -0.1) is 0 Å². The number of hydrogen-bond acceptors (Lipinski definition) is 7. The molecule has 1 saturated heterocycles. The molecule has 0 spiro atoms. The first kappa shape index (κ1) is 26.1. The van der Waals surface area contributed by atoms with E-state index in [2.05, 4.69) is 5.16 Å². The number of aliphatic hydroxyl groups excluding tert-OH is 2. The second kappa shape index (κ2) is 18.4. The minimum Gasteiger partial charge on any atom is -0.463 e. The Morgan fingerprint density at radius 3 is 2.00 bits per heavy atom. The Kier molecular flexibility index (Phi) is 15.5. The zero-order valence-corrected chi connectivity index (χ0v) is 19.2. The Morgan fingerprint density at radius 2 is 1.48 bits per heavy atom. The lowest BCUT2D eigenvalue weighted by molar-refractivity contribution is -0.155. The third kappa shape index (κ3) is 13.1. The van der Waals surface area contributed by atoms with Crippen LogP contribution >= 0.6 is 0 Å². The highest BCUT2D eigenvalue weighted by atomic mass is 16.6. The molecule has 1 aliphatic rings. The first-order valence-electron chi connectivity index (χ1n) is 12.9. The van der Waals surface area contributed by atoms with Crippen LogP contribution < -0.4 is 0 Å². The molecule has 7 heteroatoms. The summed E-state index contributed by atoms with van der Waals surface area (Å²) in [5.74, 6) is -0.326.